The molecule has 3 aliphatic rings. The minimum Gasteiger partial charge on any atom is -0.461 e. The van der Waals surface area contributed by atoms with E-state index in [1.54, 1.807) is 41.4 Å². The van der Waals surface area contributed by atoms with Crippen molar-refractivity contribution in [3.8, 4) is 11.1 Å². The highest BCUT2D eigenvalue weighted by Crippen LogP contribution is 2.35. The molecule has 0 spiro atoms. The summed E-state index contributed by atoms with van der Waals surface area (Å²) in [4.78, 5) is 59.9. The first kappa shape index (κ1) is 33.1. The molecule has 4 aromatic rings. The second kappa shape index (κ2) is 13.8. The fourth-order valence-electron chi connectivity index (χ4n) is 7.10. The Kier molecular flexibility index (Phi) is 9.17. The van der Waals surface area contributed by atoms with Gasteiger partial charge in [0.1, 0.15) is 23.8 Å². The molecule has 1 N–H and O–H groups in total. The fraction of sp³-hybridized carbons (Fsp3) is 0.444. The predicted octanol–water partition coefficient (Wildman–Crippen LogP) is 4.54. The summed E-state index contributed by atoms with van der Waals surface area (Å²) in [6.07, 6.45) is 8.96. The summed E-state index contributed by atoms with van der Waals surface area (Å²) in [7, 11) is 1.66. The standard InChI is InChI=1S/C36H42N8O6/c1-4-5-16-49-36(48)41-12-15-44-26(21-41)19-32(39-44)38-29-17-25(20-40(3)34(29)46)27-10-11-37-33(28(27)22-50-23(2)45)43-14-13-42-30-9-7-6-8-24(30)18-31(42)35(43)47/h10-11,17-20H,4-9,12-16,21-22H2,1-3H3,(H,38,39). The first-order valence-corrected chi connectivity index (χ1v) is 17.3. The normalized spacial score (nSPS) is 15.3. The second-order valence-electron chi connectivity index (χ2n) is 13.1. The van der Waals surface area contributed by atoms with E-state index in [1.807, 2.05) is 23.7 Å². The monoisotopic (exact) mass is 682 g/mol. The topological polar surface area (TPSA) is 146 Å². The summed E-state index contributed by atoms with van der Waals surface area (Å²) >= 11 is 0. The van der Waals surface area contributed by atoms with Crippen LogP contribution in [0.4, 0.5) is 22.1 Å². The minimum atomic E-state index is -0.461. The Morgan fingerprint density at radius 3 is 2.68 bits per heavy atom. The number of carbonyl (C=O) groups excluding carboxylic acids is 3. The Balaban J connectivity index is 1.19. The molecular formula is C36H42N8O6. The van der Waals surface area contributed by atoms with Gasteiger partial charge in [-0.3, -0.25) is 24.0 Å². The maximum atomic E-state index is 14.0. The molecule has 262 valence electrons. The zero-order chi connectivity index (χ0) is 34.9. The molecule has 14 nitrogen and oxygen atoms in total. The van der Waals surface area contributed by atoms with Crippen LogP contribution in [0.15, 0.2) is 41.5 Å². The van der Waals surface area contributed by atoms with Gasteiger partial charge in [0.25, 0.3) is 11.5 Å². The van der Waals surface area contributed by atoms with E-state index in [1.165, 1.54) is 22.7 Å². The van der Waals surface area contributed by atoms with Crippen LogP contribution >= 0.6 is 0 Å². The summed E-state index contributed by atoms with van der Waals surface area (Å²) < 4.78 is 16.4. The SMILES string of the molecule is CCCCOC(=O)N1CCn2nc(Nc3cc(-c4ccnc(N5CCn6c(cc7c6CCCC7)C5=O)c4COC(C)=O)cn(C)c3=O)cc2C1. The number of esters is 1. The number of pyridine rings is 2. The number of hydrogen-bond donors (Lipinski definition) is 1. The molecule has 0 saturated heterocycles. The van der Waals surface area contributed by atoms with Crippen molar-refractivity contribution in [3.05, 3.63) is 75.2 Å². The Morgan fingerprint density at radius 1 is 1.02 bits per heavy atom. The number of anilines is 3. The van der Waals surface area contributed by atoms with Gasteiger partial charge in [-0.1, -0.05) is 13.3 Å². The number of carbonyl (C=O) groups is 3. The maximum absolute atomic E-state index is 14.0. The molecule has 6 heterocycles. The predicted molar refractivity (Wildman–Crippen MR) is 185 cm³/mol. The van der Waals surface area contributed by atoms with Crippen molar-refractivity contribution in [1.82, 2.24) is 28.8 Å². The number of rotatable bonds is 9. The lowest BCUT2D eigenvalue weighted by Crippen LogP contribution is -2.41. The second-order valence-corrected chi connectivity index (χ2v) is 13.1. The van der Waals surface area contributed by atoms with Gasteiger partial charge in [0, 0.05) is 68.9 Å². The highest BCUT2D eigenvalue weighted by atomic mass is 16.6. The van der Waals surface area contributed by atoms with Gasteiger partial charge >= 0.3 is 12.1 Å². The Labute approximate surface area is 289 Å². The minimum absolute atomic E-state index is 0.105. The van der Waals surface area contributed by atoms with Crippen LogP contribution in [-0.4, -0.2) is 66.5 Å². The van der Waals surface area contributed by atoms with Crippen LogP contribution in [0.3, 0.4) is 0 Å². The average Bonchev–Trinajstić information content (AvgIpc) is 3.70. The lowest BCUT2D eigenvalue weighted by atomic mass is 9.98. The molecule has 2 amide bonds. The van der Waals surface area contributed by atoms with Gasteiger partial charge in [-0.05, 0) is 61.4 Å². The molecule has 7 rings (SSSR count). The van der Waals surface area contributed by atoms with Gasteiger partial charge in [-0.15, -0.1) is 0 Å². The number of hydrogen-bond acceptors (Lipinski definition) is 9. The van der Waals surface area contributed by atoms with Crippen LogP contribution in [0.1, 0.15) is 72.5 Å². The van der Waals surface area contributed by atoms with Crippen LogP contribution < -0.4 is 15.8 Å². The smallest absolute Gasteiger partial charge is 0.410 e. The van der Waals surface area contributed by atoms with Crippen LogP contribution in [0.2, 0.25) is 0 Å². The number of aryl methyl sites for hydroxylation is 2. The fourth-order valence-corrected chi connectivity index (χ4v) is 7.10. The van der Waals surface area contributed by atoms with Crippen LogP contribution in [0.5, 0.6) is 0 Å². The van der Waals surface area contributed by atoms with Crippen LogP contribution in [0.25, 0.3) is 11.1 Å². The summed E-state index contributed by atoms with van der Waals surface area (Å²) in [5, 5.41) is 7.83. The number of ether oxygens (including phenoxy) is 2. The van der Waals surface area contributed by atoms with Gasteiger partial charge in [0.05, 0.1) is 25.4 Å². The van der Waals surface area contributed by atoms with E-state index in [0.717, 1.165) is 44.2 Å². The number of fused-ring (bicyclic) bond motifs is 4. The molecule has 0 aromatic carbocycles. The third-order valence-electron chi connectivity index (χ3n) is 9.66. The van der Waals surface area contributed by atoms with Crippen molar-refractivity contribution in [3.63, 3.8) is 0 Å². The average molecular weight is 683 g/mol. The zero-order valence-electron chi connectivity index (χ0n) is 28.7. The largest absolute Gasteiger partial charge is 0.461 e. The number of nitrogens with zero attached hydrogens (tertiary/aromatic N) is 7. The molecule has 0 fully saturated rings. The lowest BCUT2D eigenvalue weighted by Gasteiger charge is -2.31. The van der Waals surface area contributed by atoms with Crippen molar-refractivity contribution in [2.75, 3.05) is 29.9 Å². The molecule has 4 aromatic heterocycles. The molecule has 14 heteroatoms. The Morgan fingerprint density at radius 2 is 1.86 bits per heavy atom. The quantitative estimate of drug-likeness (QED) is 0.199. The molecule has 50 heavy (non-hydrogen) atoms. The Hall–Kier alpha value is -5.40. The van der Waals surface area contributed by atoms with E-state index in [4.69, 9.17) is 9.47 Å². The molecule has 1 aliphatic carbocycles. The number of amides is 2. The van der Waals surface area contributed by atoms with Gasteiger partial charge in [0.2, 0.25) is 0 Å². The molecule has 0 unspecified atom stereocenters. The first-order chi connectivity index (χ1) is 24.2. The van der Waals surface area contributed by atoms with E-state index in [0.29, 0.717) is 73.4 Å². The number of unbranched alkanes of at least 4 members (excludes halogenated alkanes) is 1. The van der Waals surface area contributed by atoms with Crippen LogP contribution in [0, 0.1) is 0 Å². The van der Waals surface area contributed by atoms with Crippen molar-refractivity contribution in [2.45, 2.75) is 78.6 Å². The van der Waals surface area contributed by atoms with Gasteiger partial charge in [-0.2, -0.15) is 5.10 Å². The molecule has 2 aliphatic heterocycles. The summed E-state index contributed by atoms with van der Waals surface area (Å²) in [6.45, 7) is 6.06. The molecule has 0 radical (unpaired) electrons. The summed E-state index contributed by atoms with van der Waals surface area (Å²) in [6, 6.07) is 7.37. The van der Waals surface area contributed by atoms with Crippen molar-refractivity contribution < 1.29 is 23.9 Å². The van der Waals surface area contributed by atoms with E-state index < -0.39 is 5.97 Å². The molecule has 0 bridgehead atoms. The third-order valence-corrected chi connectivity index (χ3v) is 9.66. The summed E-state index contributed by atoms with van der Waals surface area (Å²) in [5.41, 5.74) is 5.88. The lowest BCUT2D eigenvalue weighted by molar-refractivity contribution is -0.142. The van der Waals surface area contributed by atoms with E-state index in [2.05, 4.69) is 20.0 Å². The van der Waals surface area contributed by atoms with E-state index in [9.17, 15) is 19.2 Å². The van der Waals surface area contributed by atoms with Crippen molar-refractivity contribution in [2.24, 2.45) is 7.05 Å². The highest BCUT2D eigenvalue weighted by Gasteiger charge is 2.33. The van der Waals surface area contributed by atoms with Gasteiger partial charge < -0.3 is 28.8 Å². The molecule has 0 saturated carbocycles. The number of aromatic nitrogens is 5. The molecular weight excluding hydrogens is 640 g/mol. The summed E-state index contributed by atoms with van der Waals surface area (Å²) in [5.74, 6) is 0.285. The Bertz CT molecular complexity index is 2030. The first-order valence-electron chi connectivity index (χ1n) is 17.3. The van der Waals surface area contributed by atoms with E-state index in [-0.39, 0.29) is 29.9 Å². The zero-order valence-corrected chi connectivity index (χ0v) is 28.7. The van der Waals surface area contributed by atoms with Gasteiger partial charge in [0.15, 0.2) is 5.82 Å². The highest BCUT2D eigenvalue weighted by molar-refractivity contribution is 6.06. The van der Waals surface area contributed by atoms with Crippen molar-refractivity contribution in [1.29, 1.82) is 0 Å². The van der Waals surface area contributed by atoms with Crippen molar-refractivity contribution >= 4 is 35.3 Å². The van der Waals surface area contributed by atoms with Crippen LogP contribution in [-0.2, 0) is 60.4 Å². The molecule has 0 atom stereocenters. The number of nitrogens with one attached hydrogen (secondary N) is 1. The third kappa shape index (κ3) is 6.37. The maximum Gasteiger partial charge on any atom is 0.410 e. The van der Waals surface area contributed by atoms with E-state index >= 15 is 0 Å². The van der Waals surface area contributed by atoms with Gasteiger partial charge in [-0.25, -0.2) is 9.78 Å².